The maximum absolute atomic E-state index is 12.6. The Kier molecular flexibility index (Phi) is 4.93. The predicted octanol–water partition coefficient (Wildman–Crippen LogP) is 2.41. The molecule has 28 heavy (non-hydrogen) atoms. The average molecular weight is 372 g/mol. The number of carbonyl (C=O) groups excluding carboxylic acids is 2. The molecular formula is C21H17BN2O4. The zero-order chi connectivity index (χ0) is 19.5. The Bertz CT molecular complexity index is 1040. The lowest BCUT2D eigenvalue weighted by Crippen LogP contribution is -2.28. The number of fused-ring (bicyclic) bond motifs is 1. The maximum Gasteiger partial charge on any atom is 0.491 e. The Morgan fingerprint density at radius 1 is 0.821 bits per heavy atom. The number of benzene rings is 3. The van der Waals surface area contributed by atoms with Crippen LogP contribution >= 0.6 is 0 Å². The van der Waals surface area contributed by atoms with Gasteiger partial charge in [-0.1, -0.05) is 30.3 Å². The third-order valence-corrected chi connectivity index (χ3v) is 4.49. The van der Waals surface area contributed by atoms with Crippen LogP contribution in [0.3, 0.4) is 0 Å². The van der Waals surface area contributed by atoms with Gasteiger partial charge in [0.15, 0.2) is 0 Å². The molecule has 3 aromatic carbocycles. The summed E-state index contributed by atoms with van der Waals surface area (Å²) in [7, 11) is -0.969. The van der Waals surface area contributed by atoms with Crippen LogP contribution in [-0.2, 0) is 11.3 Å². The lowest BCUT2D eigenvalue weighted by Gasteiger charge is -2.09. The molecule has 2 amide bonds. The second-order valence-corrected chi connectivity index (χ2v) is 6.43. The predicted molar refractivity (Wildman–Crippen MR) is 108 cm³/mol. The number of amides is 2. The molecule has 0 radical (unpaired) electrons. The van der Waals surface area contributed by atoms with Crippen molar-refractivity contribution in [2.75, 3.05) is 10.6 Å². The Hall–Kier alpha value is -3.42. The highest BCUT2D eigenvalue weighted by Crippen LogP contribution is 2.17. The Labute approximate surface area is 162 Å². The first kappa shape index (κ1) is 18.0. The van der Waals surface area contributed by atoms with Crippen LogP contribution in [0.5, 0.6) is 0 Å². The smallest absolute Gasteiger partial charge is 0.423 e. The van der Waals surface area contributed by atoms with E-state index in [-0.39, 0.29) is 11.8 Å². The number of carbonyl (C=O) groups is 2. The molecule has 1 aliphatic rings. The largest absolute Gasteiger partial charge is 0.491 e. The van der Waals surface area contributed by atoms with E-state index in [0.29, 0.717) is 34.6 Å². The summed E-state index contributed by atoms with van der Waals surface area (Å²) in [6.07, 6.45) is 0. The van der Waals surface area contributed by atoms with Crippen molar-refractivity contribution in [3.8, 4) is 0 Å². The van der Waals surface area contributed by atoms with Crippen molar-refractivity contribution in [3.05, 3.63) is 89.5 Å². The van der Waals surface area contributed by atoms with Gasteiger partial charge >= 0.3 is 7.12 Å². The van der Waals surface area contributed by atoms with Crippen molar-refractivity contribution < 1.29 is 19.3 Å². The van der Waals surface area contributed by atoms with E-state index in [9.17, 15) is 14.6 Å². The number of hydrogen-bond acceptors (Lipinski definition) is 4. The first-order chi connectivity index (χ1) is 13.6. The van der Waals surface area contributed by atoms with Crippen LogP contribution < -0.4 is 16.1 Å². The van der Waals surface area contributed by atoms with E-state index in [4.69, 9.17) is 4.65 Å². The van der Waals surface area contributed by atoms with Gasteiger partial charge in [-0.05, 0) is 53.5 Å². The van der Waals surface area contributed by atoms with E-state index < -0.39 is 7.12 Å². The Morgan fingerprint density at radius 2 is 1.50 bits per heavy atom. The Morgan fingerprint density at radius 3 is 2.29 bits per heavy atom. The van der Waals surface area contributed by atoms with Crippen LogP contribution in [0, 0.1) is 0 Å². The number of hydrogen-bond donors (Lipinski definition) is 3. The summed E-state index contributed by atoms with van der Waals surface area (Å²) in [6.45, 7) is 0.355. The highest BCUT2D eigenvalue weighted by molar-refractivity contribution is 6.61. The maximum atomic E-state index is 12.6. The van der Waals surface area contributed by atoms with E-state index in [1.54, 1.807) is 60.7 Å². The molecule has 0 unspecified atom stereocenters. The van der Waals surface area contributed by atoms with E-state index in [0.717, 1.165) is 5.56 Å². The van der Waals surface area contributed by atoms with Crippen molar-refractivity contribution in [2.45, 2.75) is 6.61 Å². The summed E-state index contributed by atoms with van der Waals surface area (Å²) in [4.78, 5) is 24.9. The molecule has 4 rings (SSSR count). The molecule has 0 aromatic heterocycles. The molecule has 6 nitrogen and oxygen atoms in total. The van der Waals surface area contributed by atoms with Crippen LogP contribution in [0.15, 0.2) is 72.8 Å². The summed E-state index contributed by atoms with van der Waals surface area (Å²) in [5.41, 5.74) is 3.59. The molecular weight excluding hydrogens is 355 g/mol. The van der Waals surface area contributed by atoms with Crippen molar-refractivity contribution in [1.29, 1.82) is 0 Å². The molecule has 3 N–H and O–H groups in total. The minimum Gasteiger partial charge on any atom is -0.423 e. The fourth-order valence-electron chi connectivity index (χ4n) is 3.03. The number of rotatable bonds is 4. The molecule has 0 saturated carbocycles. The Balaban J connectivity index is 1.47. The van der Waals surface area contributed by atoms with E-state index in [1.807, 2.05) is 12.1 Å². The van der Waals surface area contributed by atoms with Crippen LogP contribution in [0.1, 0.15) is 26.3 Å². The zero-order valence-electron chi connectivity index (χ0n) is 14.9. The summed E-state index contributed by atoms with van der Waals surface area (Å²) >= 11 is 0. The normalized spacial score (nSPS) is 12.4. The quantitative estimate of drug-likeness (QED) is 0.614. The molecule has 3 aromatic rings. The monoisotopic (exact) mass is 372 g/mol. The minimum atomic E-state index is -0.969. The standard InChI is InChI=1S/C21H17BN2O4/c25-20(14-5-2-1-3-6-14)23-17-8-4-7-15(11-17)21(26)24-18-10-9-16-13-28-22(27)19(16)12-18/h1-12,27H,13H2,(H,23,25)(H,24,26). The van der Waals surface area contributed by atoms with Gasteiger partial charge in [-0.25, -0.2) is 0 Å². The van der Waals surface area contributed by atoms with Gasteiger partial charge < -0.3 is 20.3 Å². The van der Waals surface area contributed by atoms with Crippen molar-refractivity contribution in [1.82, 2.24) is 0 Å². The summed E-state index contributed by atoms with van der Waals surface area (Å²) in [5.74, 6) is -0.560. The van der Waals surface area contributed by atoms with Crippen molar-refractivity contribution in [3.63, 3.8) is 0 Å². The topological polar surface area (TPSA) is 87.7 Å². The lowest BCUT2D eigenvalue weighted by atomic mass is 9.79. The molecule has 0 spiro atoms. The van der Waals surface area contributed by atoms with Crippen LogP contribution in [0.25, 0.3) is 0 Å². The van der Waals surface area contributed by atoms with Gasteiger partial charge in [-0.2, -0.15) is 0 Å². The van der Waals surface area contributed by atoms with Crippen LogP contribution in [0.4, 0.5) is 11.4 Å². The number of nitrogens with one attached hydrogen (secondary N) is 2. The SMILES string of the molecule is O=C(Nc1cccc(C(=O)Nc2ccc3c(c2)B(O)OC3)c1)c1ccccc1. The van der Waals surface area contributed by atoms with Crippen molar-refractivity contribution >= 4 is 35.8 Å². The molecule has 7 heteroatoms. The summed E-state index contributed by atoms with van der Waals surface area (Å²) in [5, 5.41) is 15.4. The highest BCUT2D eigenvalue weighted by Gasteiger charge is 2.27. The van der Waals surface area contributed by atoms with Gasteiger partial charge in [-0.3, -0.25) is 9.59 Å². The number of anilines is 2. The van der Waals surface area contributed by atoms with Crippen LogP contribution in [-0.4, -0.2) is 24.0 Å². The molecule has 0 fully saturated rings. The summed E-state index contributed by atoms with van der Waals surface area (Å²) < 4.78 is 5.16. The fraction of sp³-hybridized carbons (Fsp3) is 0.0476. The zero-order valence-corrected chi connectivity index (χ0v) is 14.9. The molecule has 0 saturated heterocycles. The fourth-order valence-corrected chi connectivity index (χ4v) is 3.03. The molecule has 0 aliphatic carbocycles. The molecule has 1 aliphatic heterocycles. The third kappa shape index (κ3) is 3.81. The third-order valence-electron chi connectivity index (χ3n) is 4.49. The van der Waals surface area contributed by atoms with Crippen LogP contribution in [0.2, 0.25) is 0 Å². The van der Waals surface area contributed by atoms with Crippen molar-refractivity contribution in [2.24, 2.45) is 0 Å². The second-order valence-electron chi connectivity index (χ2n) is 6.43. The lowest BCUT2D eigenvalue weighted by molar-refractivity contribution is 0.101. The molecule has 0 atom stereocenters. The molecule has 1 heterocycles. The summed E-state index contributed by atoms with van der Waals surface area (Å²) in [6, 6.07) is 20.8. The van der Waals surface area contributed by atoms with E-state index >= 15 is 0 Å². The van der Waals surface area contributed by atoms with E-state index in [2.05, 4.69) is 10.6 Å². The minimum absolute atomic E-state index is 0.245. The van der Waals surface area contributed by atoms with Gasteiger partial charge in [-0.15, -0.1) is 0 Å². The first-order valence-corrected chi connectivity index (χ1v) is 8.80. The second kappa shape index (κ2) is 7.68. The highest BCUT2D eigenvalue weighted by atomic mass is 16.5. The van der Waals surface area contributed by atoms with Gasteiger partial charge in [0.05, 0.1) is 6.61 Å². The van der Waals surface area contributed by atoms with Gasteiger partial charge in [0.2, 0.25) is 0 Å². The average Bonchev–Trinajstić information content (AvgIpc) is 3.09. The molecule has 0 bridgehead atoms. The van der Waals surface area contributed by atoms with Gasteiger partial charge in [0, 0.05) is 22.5 Å². The van der Waals surface area contributed by atoms with Gasteiger partial charge in [0.1, 0.15) is 0 Å². The molecule has 138 valence electrons. The van der Waals surface area contributed by atoms with E-state index in [1.165, 1.54) is 0 Å². The first-order valence-electron chi connectivity index (χ1n) is 8.80. The van der Waals surface area contributed by atoms with Gasteiger partial charge in [0.25, 0.3) is 11.8 Å².